The van der Waals surface area contributed by atoms with Gasteiger partial charge in [-0.1, -0.05) is 12.8 Å². The molecule has 0 aliphatic carbocycles. The van der Waals surface area contributed by atoms with Crippen molar-refractivity contribution in [2.24, 2.45) is 0 Å². The first-order valence-electron chi connectivity index (χ1n) is 5.66. The zero-order valence-electron chi connectivity index (χ0n) is 10.2. The molecule has 4 heteroatoms. The topological polar surface area (TPSA) is 57.6 Å². The highest BCUT2D eigenvalue weighted by molar-refractivity contribution is 5.96. The first-order valence-corrected chi connectivity index (χ1v) is 5.66. The van der Waals surface area contributed by atoms with Gasteiger partial charge in [-0.2, -0.15) is 0 Å². The first kappa shape index (κ1) is 13.8. The molecule has 1 N–H and O–H groups in total. The van der Waals surface area contributed by atoms with Gasteiger partial charge in [0.2, 0.25) is 0 Å². The number of carbonyl (C=O) groups is 2. The number of terminal acetylenes is 1. The van der Waals surface area contributed by atoms with Crippen molar-refractivity contribution in [3.05, 3.63) is 35.4 Å². The highest BCUT2D eigenvalue weighted by atomic mass is 16.4. The van der Waals surface area contributed by atoms with Gasteiger partial charge in [-0.25, -0.2) is 4.79 Å². The quantitative estimate of drug-likeness (QED) is 0.806. The number of amides is 1. The van der Waals surface area contributed by atoms with E-state index < -0.39 is 5.97 Å². The van der Waals surface area contributed by atoms with E-state index in [1.54, 1.807) is 4.90 Å². The second kappa shape index (κ2) is 6.45. The van der Waals surface area contributed by atoms with Gasteiger partial charge >= 0.3 is 5.97 Å². The lowest BCUT2D eigenvalue weighted by Gasteiger charge is -2.19. The minimum Gasteiger partial charge on any atom is -0.478 e. The zero-order valence-corrected chi connectivity index (χ0v) is 10.2. The van der Waals surface area contributed by atoms with Crippen LogP contribution in [0.5, 0.6) is 0 Å². The minimum atomic E-state index is -1.01. The molecular formula is C14H15NO3. The molecule has 0 radical (unpaired) electrons. The third-order valence-corrected chi connectivity index (χ3v) is 2.44. The van der Waals surface area contributed by atoms with Crippen LogP contribution in [0.1, 0.15) is 34.1 Å². The lowest BCUT2D eigenvalue weighted by molar-refractivity contribution is 0.0694. The molecule has 0 atom stereocenters. The molecule has 0 heterocycles. The SMILES string of the molecule is C#CCN(CCC)C(=O)c1ccc(C(=O)O)cc1. The Balaban J connectivity index is 2.88. The van der Waals surface area contributed by atoms with E-state index in [0.29, 0.717) is 12.1 Å². The van der Waals surface area contributed by atoms with E-state index in [-0.39, 0.29) is 18.0 Å². The normalized spacial score (nSPS) is 9.56. The lowest BCUT2D eigenvalue weighted by Crippen LogP contribution is -2.32. The molecule has 0 saturated heterocycles. The molecule has 4 nitrogen and oxygen atoms in total. The Morgan fingerprint density at radius 1 is 1.28 bits per heavy atom. The van der Waals surface area contributed by atoms with E-state index in [1.165, 1.54) is 24.3 Å². The van der Waals surface area contributed by atoms with Crippen LogP contribution in [0.4, 0.5) is 0 Å². The van der Waals surface area contributed by atoms with E-state index in [9.17, 15) is 9.59 Å². The highest BCUT2D eigenvalue weighted by Gasteiger charge is 2.14. The van der Waals surface area contributed by atoms with E-state index in [4.69, 9.17) is 11.5 Å². The van der Waals surface area contributed by atoms with E-state index >= 15 is 0 Å². The fraction of sp³-hybridized carbons (Fsp3) is 0.286. The number of carboxylic acid groups (broad SMARTS) is 1. The van der Waals surface area contributed by atoms with Crippen LogP contribution in [-0.2, 0) is 0 Å². The summed E-state index contributed by atoms with van der Waals surface area (Å²) in [6.07, 6.45) is 6.04. The molecule has 0 spiro atoms. The van der Waals surface area contributed by atoms with Crippen LogP contribution in [0.2, 0.25) is 0 Å². The van der Waals surface area contributed by atoms with Gasteiger partial charge in [-0.15, -0.1) is 6.42 Å². The molecule has 94 valence electrons. The summed E-state index contributed by atoms with van der Waals surface area (Å²) in [7, 11) is 0. The van der Waals surface area contributed by atoms with Gasteiger partial charge in [0.05, 0.1) is 12.1 Å². The van der Waals surface area contributed by atoms with Crippen molar-refractivity contribution in [1.82, 2.24) is 4.90 Å². The molecule has 1 aromatic rings. The molecule has 0 bridgehead atoms. The van der Waals surface area contributed by atoms with Crippen molar-refractivity contribution in [3.63, 3.8) is 0 Å². The van der Waals surface area contributed by atoms with E-state index in [1.807, 2.05) is 6.92 Å². The summed E-state index contributed by atoms with van der Waals surface area (Å²) in [4.78, 5) is 24.4. The first-order chi connectivity index (χ1) is 8.60. The third-order valence-electron chi connectivity index (χ3n) is 2.44. The molecule has 18 heavy (non-hydrogen) atoms. The van der Waals surface area contributed by atoms with Gasteiger partial charge in [-0.05, 0) is 30.7 Å². The molecule has 1 amide bonds. The van der Waals surface area contributed by atoms with Crippen LogP contribution in [0, 0.1) is 12.3 Å². The largest absolute Gasteiger partial charge is 0.478 e. The molecule has 0 unspecified atom stereocenters. The summed E-state index contributed by atoms with van der Waals surface area (Å²) >= 11 is 0. The van der Waals surface area contributed by atoms with Crippen LogP contribution in [-0.4, -0.2) is 35.0 Å². The highest BCUT2D eigenvalue weighted by Crippen LogP contribution is 2.08. The van der Waals surface area contributed by atoms with Crippen molar-refractivity contribution in [2.45, 2.75) is 13.3 Å². The number of carboxylic acids is 1. The van der Waals surface area contributed by atoms with Crippen molar-refractivity contribution >= 4 is 11.9 Å². The summed E-state index contributed by atoms with van der Waals surface area (Å²) < 4.78 is 0. The number of aromatic carboxylic acids is 1. The van der Waals surface area contributed by atoms with Crippen molar-refractivity contribution in [2.75, 3.05) is 13.1 Å². The van der Waals surface area contributed by atoms with E-state index in [2.05, 4.69) is 5.92 Å². The number of carbonyl (C=O) groups excluding carboxylic acids is 1. The molecule has 1 rings (SSSR count). The second-order valence-corrected chi connectivity index (χ2v) is 3.81. The minimum absolute atomic E-state index is 0.158. The fourth-order valence-electron chi connectivity index (χ4n) is 1.57. The lowest BCUT2D eigenvalue weighted by atomic mass is 10.1. The Labute approximate surface area is 106 Å². The summed E-state index contributed by atoms with van der Waals surface area (Å²) in [5.41, 5.74) is 0.606. The molecule has 0 aliphatic heterocycles. The van der Waals surface area contributed by atoms with Gasteiger partial charge in [0.15, 0.2) is 0 Å². The van der Waals surface area contributed by atoms with Gasteiger partial charge in [0.1, 0.15) is 0 Å². The van der Waals surface area contributed by atoms with Gasteiger partial charge in [0, 0.05) is 12.1 Å². The van der Waals surface area contributed by atoms with Crippen molar-refractivity contribution < 1.29 is 14.7 Å². The van der Waals surface area contributed by atoms with Crippen LogP contribution in [0.25, 0.3) is 0 Å². The van der Waals surface area contributed by atoms with Gasteiger partial charge in [-0.3, -0.25) is 4.79 Å². The maximum atomic E-state index is 12.1. The molecule has 0 aliphatic rings. The van der Waals surface area contributed by atoms with Gasteiger partial charge < -0.3 is 10.0 Å². The summed E-state index contributed by atoms with van der Waals surface area (Å²) in [6.45, 7) is 2.81. The average molecular weight is 245 g/mol. The monoisotopic (exact) mass is 245 g/mol. The van der Waals surface area contributed by atoms with Crippen LogP contribution in [0.3, 0.4) is 0 Å². The maximum Gasteiger partial charge on any atom is 0.335 e. The molecular weight excluding hydrogens is 230 g/mol. The van der Waals surface area contributed by atoms with Gasteiger partial charge in [0.25, 0.3) is 5.91 Å². The number of rotatable bonds is 5. The summed E-state index contributed by atoms with van der Waals surface area (Å²) in [6, 6.07) is 5.83. The van der Waals surface area contributed by atoms with Crippen LogP contribution >= 0.6 is 0 Å². The molecule has 0 aromatic heterocycles. The number of benzene rings is 1. The van der Waals surface area contributed by atoms with Crippen molar-refractivity contribution in [1.29, 1.82) is 0 Å². The second-order valence-electron chi connectivity index (χ2n) is 3.81. The van der Waals surface area contributed by atoms with E-state index in [0.717, 1.165) is 6.42 Å². The number of nitrogens with zero attached hydrogens (tertiary/aromatic N) is 1. The fourth-order valence-corrected chi connectivity index (χ4v) is 1.57. The number of hydrogen-bond acceptors (Lipinski definition) is 2. The van der Waals surface area contributed by atoms with Crippen LogP contribution in [0.15, 0.2) is 24.3 Å². The Morgan fingerprint density at radius 3 is 2.28 bits per heavy atom. The summed E-state index contributed by atoms with van der Waals surface area (Å²) in [5, 5.41) is 8.77. The summed E-state index contributed by atoms with van der Waals surface area (Å²) in [5.74, 6) is 1.26. The molecule has 1 aromatic carbocycles. The average Bonchev–Trinajstić information content (AvgIpc) is 2.38. The number of hydrogen-bond donors (Lipinski definition) is 1. The predicted octanol–water partition coefficient (Wildman–Crippen LogP) is 1.87. The molecule has 0 fully saturated rings. The molecule has 0 saturated carbocycles. The Kier molecular flexibility index (Phi) is 4.94. The Bertz CT molecular complexity index is 471. The predicted molar refractivity (Wildman–Crippen MR) is 68.4 cm³/mol. The smallest absolute Gasteiger partial charge is 0.335 e. The third kappa shape index (κ3) is 3.36. The zero-order chi connectivity index (χ0) is 13.5. The Morgan fingerprint density at radius 2 is 1.83 bits per heavy atom. The maximum absolute atomic E-state index is 12.1. The van der Waals surface area contributed by atoms with Crippen molar-refractivity contribution in [3.8, 4) is 12.3 Å². The van der Waals surface area contributed by atoms with Crippen LogP contribution < -0.4 is 0 Å². The standard InChI is InChI=1S/C14H15NO3/c1-3-9-15(10-4-2)13(16)11-5-7-12(8-6-11)14(17)18/h1,5-8H,4,9-10H2,2H3,(H,17,18). The Hall–Kier alpha value is -2.28.